The van der Waals surface area contributed by atoms with E-state index >= 15 is 0 Å². The predicted octanol–water partition coefficient (Wildman–Crippen LogP) is 2.38. The van der Waals surface area contributed by atoms with Crippen molar-refractivity contribution in [3.8, 4) is 0 Å². The quantitative estimate of drug-likeness (QED) is 0.682. The van der Waals surface area contributed by atoms with Gasteiger partial charge in [0.15, 0.2) is 12.4 Å². The highest BCUT2D eigenvalue weighted by molar-refractivity contribution is 6.29. The van der Waals surface area contributed by atoms with Crippen LogP contribution in [0.3, 0.4) is 0 Å². The van der Waals surface area contributed by atoms with Crippen molar-refractivity contribution >= 4 is 23.4 Å². The molecule has 2 aliphatic rings. The maximum absolute atomic E-state index is 12.3. The molecular weight excluding hydrogens is 280 g/mol. The Labute approximate surface area is 126 Å². The number of hydrogen-bond acceptors (Lipinski definition) is 4. The van der Waals surface area contributed by atoms with Crippen LogP contribution in [0.4, 0.5) is 0 Å². The monoisotopic (exact) mass is 292 g/mol. The van der Waals surface area contributed by atoms with Gasteiger partial charge in [0.2, 0.25) is 0 Å². The highest BCUT2D eigenvalue weighted by atomic mass is 16.6. The molecule has 4 rings (SSSR count). The van der Waals surface area contributed by atoms with Crippen molar-refractivity contribution in [2.24, 2.45) is 0 Å². The van der Waals surface area contributed by atoms with Gasteiger partial charge in [0.1, 0.15) is 6.10 Å². The molecule has 2 aromatic rings. The van der Waals surface area contributed by atoms with Crippen LogP contribution in [-0.2, 0) is 9.53 Å². The minimum Gasteiger partial charge on any atom is -0.451 e. The molecule has 1 N–H and O–H groups in total. The summed E-state index contributed by atoms with van der Waals surface area (Å²) >= 11 is 0. The fourth-order valence-corrected chi connectivity index (χ4v) is 3.24. The van der Waals surface area contributed by atoms with Crippen molar-refractivity contribution in [1.29, 1.82) is 0 Å². The van der Waals surface area contributed by atoms with Gasteiger partial charge in [0, 0.05) is 11.1 Å². The van der Waals surface area contributed by atoms with Gasteiger partial charge < -0.3 is 9.84 Å². The molecule has 108 valence electrons. The fraction of sp³-hybridized carbons (Fsp3) is 0.111. The number of ether oxygens (including phenoxy) is 1. The average molecular weight is 292 g/mol. The molecule has 0 amide bonds. The second kappa shape index (κ2) is 4.64. The molecule has 0 spiro atoms. The maximum Gasteiger partial charge on any atom is 0.339 e. The number of carbonyl (C=O) groups is 2. The van der Waals surface area contributed by atoms with Gasteiger partial charge in [-0.3, -0.25) is 4.79 Å². The van der Waals surface area contributed by atoms with Crippen LogP contribution in [0, 0.1) is 0 Å². The summed E-state index contributed by atoms with van der Waals surface area (Å²) in [6.07, 6.45) is -0.837. The number of rotatable bonds is 2. The van der Waals surface area contributed by atoms with E-state index in [1.54, 1.807) is 24.3 Å². The summed E-state index contributed by atoms with van der Waals surface area (Å²) in [4.78, 5) is 23.6. The van der Waals surface area contributed by atoms with Crippen LogP contribution in [0.5, 0.6) is 0 Å². The highest BCUT2D eigenvalue weighted by Crippen LogP contribution is 2.49. The fourth-order valence-electron chi connectivity index (χ4n) is 3.24. The van der Waals surface area contributed by atoms with Crippen molar-refractivity contribution in [3.63, 3.8) is 0 Å². The van der Waals surface area contributed by atoms with Gasteiger partial charge in [0.05, 0.1) is 5.57 Å². The lowest BCUT2D eigenvalue weighted by Gasteiger charge is -2.11. The zero-order valence-electron chi connectivity index (χ0n) is 11.5. The van der Waals surface area contributed by atoms with E-state index in [0.717, 1.165) is 17.4 Å². The summed E-state index contributed by atoms with van der Waals surface area (Å²) in [5, 5.41) is 10.4. The molecule has 1 heterocycles. The Morgan fingerprint density at radius 3 is 2.45 bits per heavy atom. The lowest BCUT2D eigenvalue weighted by atomic mass is 9.94. The van der Waals surface area contributed by atoms with Crippen molar-refractivity contribution < 1.29 is 19.4 Å². The molecule has 2 unspecified atom stereocenters. The largest absolute Gasteiger partial charge is 0.451 e. The first-order valence-electron chi connectivity index (χ1n) is 6.99. The third kappa shape index (κ3) is 1.61. The van der Waals surface area contributed by atoms with Gasteiger partial charge in [-0.15, -0.1) is 0 Å². The Morgan fingerprint density at radius 1 is 1.00 bits per heavy atom. The van der Waals surface area contributed by atoms with Crippen LogP contribution in [-0.4, -0.2) is 23.5 Å². The first-order valence-corrected chi connectivity index (χ1v) is 6.99. The molecule has 2 atom stereocenters. The first-order chi connectivity index (χ1) is 10.7. The molecule has 4 nitrogen and oxygen atoms in total. The molecule has 2 aromatic carbocycles. The third-order valence-corrected chi connectivity index (χ3v) is 4.21. The average Bonchev–Trinajstić information content (AvgIpc) is 3.03. The number of aliphatic hydroxyl groups is 1. The number of carbonyl (C=O) groups excluding carboxylic acids is 2. The lowest BCUT2D eigenvalue weighted by molar-refractivity contribution is -0.141. The second-order valence-electron chi connectivity index (χ2n) is 5.35. The molecule has 0 fully saturated rings. The van der Waals surface area contributed by atoms with Crippen LogP contribution in [0.25, 0.3) is 11.1 Å². The predicted molar refractivity (Wildman–Crippen MR) is 79.9 cm³/mol. The van der Waals surface area contributed by atoms with E-state index in [2.05, 4.69) is 0 Å². The number of esters is 1. The van der Waals surface area contributed by atoms with E-state index in [4.69, 9.17) is 4.74 Å². The number of fused-ring (bicyclic) bond motifs is 3. The van der Waals surface area contributed by atoms with E-state index in [-0.39, 0.29) is 0 Å². The van der Waals surface area contributed by atoms with E-state index in [1.165, 1.54) is 0 Å². The number of aliphatic hydroxyl groups excluding tert-OH is 1. The zero-order valence-corrected chi connectivity index (χ0v) is 11.5. The van der Waals surface area contributed by atoms with Crippen LogP contribution < -0.4 is 0 Å². The lowest BCUT2D eigenvalue weighted by Crippen LogP contribution is -2.15. The van der Waals surface area contributed by atoms with Gasteiger partial charge in [-0.05, 0) is 16.7 Å². The SMILES string of the molecule is O=Cc1ccccc1C1=C2c3ccccc3C(O)C2OC1=O. The van der Waals surface area contributed by atoms with Crippen LogP contribution in [0.2, 0.25) is 0 Å². The van der Waals surface area contributed by atoms with Crippen molar-refractivity contribution in [3.05, 3.63) is 70.8 Å². The maximum atomic E-state index is 12.3. The summed E-state index contributed by atoms with van der Waals surface area (Å²) in [6.45, 7) is 0. The number of hydrogen-bond donors (Lipinski definition) is 1. The molecule has 22 heavy (non-hydrogen) atoms. The topological polar surface area (TPSA) is 63.6 Å². The summed E-state index contributed by atoms with van der Waals surface area (Å²) in [7, 11) is 0. The van der Waals surface area contributed by atoms with E-state index in [0.29, 0.717) is 22.3 Å². The van der Waals surface area contributed by atoms with Crippen molar-refractivity contribution in [2.45, 2.75) is 12.2 Å². The van der Waals surface area contributed by atoms with Crippen LogP contribution in [0.1, 0.15) is 33.2 Å². The number of aldehydes is 1. The van der Waals surface area contributed by atoms with Gasteiger partial charge >= 0.3 is 5.97 Å². The second-order valence-corrected chi connectivity index (χ2v) is 5.35. The molecule has 0 saturated heterocycles. The first kappa shape index (κ1) is 13.0. The summed E-state index contributed by atoms with van der Waals surface area (Å²) in [5.41, 5.74) is 3.57. The Bertz CT molecular complexity index is 834. The Balaban J connectivity index is 2.03. The summed E-state index contributed by atoms with van der Waals surface area (Å²) in [5.74, 6) is -0.497. The van der Waals surface area contributed by atoms with Gasteiger partial charge in [0.25, 0.3) is 0 Å². The molecule has 4 heteroatoms. The molecule has 0 bridgehead atoms. The summed E-state index contributed by atoms with van der Waals surface area (Å²) < 4.78 is 5.37. The number of benzene rings is 2. The Kier molecular flexibility index (Phi) is 2.74. The van der Waals surface area contributed by atoms with Crippen LogP contribution >= 0.6 is 0 Å². The molecule has 0 aromatic heterocycles. The third-order valence-electron chi connectivity index (χ3n) is 4.21. The van der Waals surface area contributed by atoms with Crippen molar-refractivity contribution in [2.75, 3.05) is 0 Å². The molecular formula is C18H12O4. The van der Waals surface area contributed by atoms with Gasteiger partial charge in [-0.2, -0.15) is 0 Å². The minimum atomic E-state index is -0.865. The van der Waals surface area contributed by atoms with Crippen molar-refractivity contribution in [1.82, 2.24) is 0 Å². The minimum absolute atomic E-state index is 0.372. The van der Waals surface area contributed by atoms with Gasteiger partial charge in [-0.25, -0.2) is 4.79 Å². The highest BCUT2D eigenvalue weighted by Gasteiger charge is 2.46. The zero-order chi connectivity index (χ0) is 15.3. The van der Waals surface area contributed by atoms with Gasteiger partial charge in [-0.1, -0.05) is 48.5 Å². The Morgan fingerprint density at radius 2 is 1.68 bits per heavy atom. The smallest absolute Gasteiger partial charge is 0.339 e. The summed E-state index contributed by atoms with van der Waals surface area (Å²) in [6, 6.07) is 14.3. The Hall–Kier alpha value is -2.72. The van der Waals surface area contributed by atoms with E-state index in [9.17, 15) is 14.7 Å². The normalized spacial score (nSPS) is 22.3. The molecule has 0 radical (unpaired) electrons. The van der Waals surface area contributed by atoms with Crippen LogP contribution in [0.15, 0.2) is 48.5 Å². The van der Waals surface area contributed by atoms with E-state index in [1.807, 2.05) is 24.3 Å². The molecule has 1 aliphatic heterocycles. The molecule has 1 aliphatic carbocycles. The van der Waals surface area contributed by atoms with E-state index < -0.39 is 18.2 Å². The standard InChI is InChI=1S/C18H12O4/c19-9-10-5-1-2-6-11(10)15-14-12-7-3-4-8-13(12)16(20)17(14)22-18(15)21/h1-9,16-17,20H. The molecule has 0 saturated carbocycles.